The number of likely N-dealkylation sites (tertiary alicyclic amines) is 1. The highest BCUT2D eigenvalue weighted by Gasteiger charge is 2.27. The maximum absolute atomic E-state index is 8.73. The van der Waals surface area contributed by atoms with Crippen LogP contribution in [0.25, 0.3) is 0 Å². The summed E-state index contributed by atoms with van der Waals surface area (Å²) in [4.78, 5) is 2.50. The normalized spacial score (nSPS) is 28.4. The molecule has 0 aromatic rings. The van der Waals surface area contributed by atoms with Gasteiger partial charge in [0.25, 0.3) is 0 Å². The summed E-state index contributed by atoms with van der Waals surface area (Å²) in [6, 6.07) is 0. The summed E-state index contributed by atoms with van der Waals surface area (Å²) in [5, 5.41) is 11.9. The lowest BCUT2D eigenvalue weighted by Gasteiger charge is -2.36. The first kappa shape index (κ1) is 14.3. The molecule has 1 heterocycles. The van der Waals surface area contributed by atoms with Gasteiger partial charge in [0, 0.05) is 12.0 Å². The number of hydrogen-bond acceptors (Lipinski definition) is 3. The Kier molecular flexibility index (Phi) is 4.80. The quantitative estimate of drug-likeness (QED) is 0.343. The Hall–Kier alpha value is -0.770. The van der Waals surface area contributed by atoms with Crippen molar-refractivity contribution in [2.24, 2.45) is 28.1 Å². The molecule has 0 radical (unpaired) electrons. The van der Waals surface area contributed by atoms with E-state index in [0.29, 0.717) is 5.84 Å². The zero-order valence-electron chi connectivity index (χ0n) is 11.6. The molecule has 0 saturated carbocycles. The summed E-state index contributed by atoms with van der Waals surface area (Å²) < 4.78 is 0. The molecule has 0 amide bonds. The highest BCUT2D eigenvalue weighted by molar-refractivity contribution is 5.85. The molecule has 0 aliphatic carbocycles. The highest BCUT2D eigenvalue weighted by Crippen LogP contribution is 2.25. The molecule has 2 unspecified atom stereocenters. The van der Waals surface area contributed by atoms with Crippen molar-refractivity contribution in [1.82, 2.24) is 4.90 Å². The molecule has 1 saturated heterocycles. The largest absolute Gasteiger partial charge is 0.409 e. The first-order valence-electron chi connectivity index (χ1n) is 6.57. The minimum atomic E-state index is -0.221. The lowest BCUT2D eigenvalue weighted by molar-refractivity contribution is 0.129. The number of nitrogens with two attached hydrogens (primary N) is 1. The van der Waals surface area contributed by atoms with Crippen molar-refractivity contribution in [2.75, 3.05) is 19.6 Å². The third-order valence-corrected chi connectivity index (χ3v) is 4.27. The Morgan fingerprint density at radius 1 is 1.41 bits per heavy atom. The molecule has 1 rings (SSSR count). The van der Waals surface area contributed by atoms with Crippen LogP contribution in [0.15, 0.2) is 5.16 Å². The maximum atomic E-state index is 8.73. The standard InChI is InChI=1S/C13H27N3O/c1-10-5-7-16(9-11(10)2)8-6-13(3,4)12(14)15-17/h10-11,17H,5-9H2,1-4H3,(H2,14,15). The van der Waals surface area contributed by atoms with E-state index in [1.807, 2.05) is 13.8 Å². The number of piperidine rings is 1. The monoisotopic (exact) mass is 241 g/mol. The Balaban J connectivity index is 2.41. The topological polar surface area (TPSA) is 61.8 Å². The minimum Gasteiger partial charge on any atom is -0.409 e. The van der Waals surface area contributed by atoms with Gasteiger partial charge in [0.2, 0.25) is 0 Å². The first-order valence-corrected chi connectivity index (χ1v) is 6.57. The second-order valence-corrected chi connectivity index (χ2v) is 6.16. The number of amidine groups is 1. The SMILES string of the molecule is CC1CCN(CCC(C)(C)C(N)=NO)CC1C. The molecular formula is C13H27N3O. The van der Waals surface area contributed by atoms with Crippen molar-refractivity contribution < 1.29 is 5.21 Å². The fourth-order valence-corrected chi connectivity index (χ4v) is 2.25. The van der Waals surface area contributed by atoms with Crippen LogP contribution >= 0.6 is 0 Å². The van der Waals surface area contributed by atoms with Gasteiger partial charge in [-0.05, 0) is 37.8 Å². The Bertz CT molecular complexity index is 276. The second-order valence-electron chi connectivity index (χ2n) is 6.16. The summed E-state index contributed by atoms with van der Waals surface area (Å²) in [5.41, 5.74) is 5.48. The number of hydrogen-bond donors (Lipinski definition) is 2. The van der Waals surface area contributed by atoms with Gasteiger partial charge in [-0.3, -0.25) is 0 Å². The molecule has 1 aliphatic heterocycles. The molecule has 0 aromatic heterocycles. The first-order chi connectivity index (χ1) is 7.86. The number of oxime groups is 1. The Morgan fingerprint density at radius 2 is 2.06 bits per heavy atom. The third-order valence-electron chi connectivity index (χ3n) is 4.27. The molecule has 4 heteroatoms. The maximum Gasteiger partial charge on any atom is 0.144 e. The van der Waals surface area contributed by atoms with Crippen LogP contribution in [0.1, 0.15) is 40.5 Å². The predicted molar refractivity (Wildman–Crippen MR) is 71.2 cm³/mol. The fourth-order valence-electron chi connectivity index (χ4n) is 2.25. The van der Waals surface area contributed by atoms with Gasteiger partial charge in [0.1, 0.15) is 5.84 Å². The van der Waals surface area contributed by atoms with Crippen LogP contribution in [0.4, 0.5) is 0 Å². The van der Waals surface area contributed by atoms with E-state index < -0.39 is 0 Å². The van der Waals surface area contributed by atoms with E-state index in [1.165, 1.54) is 19.5 Å². The lowest BCUT2D eigenvalue weighted by Crippen LogP contribution is -2.42. The van der Waals surface area contributed by atoms with Gasteiger partial charge in [0.05, 0.1) is 0 Å². The Labute approximate surface area is 105 Å². The molecule has 17 heavy (non-hydrogen) atoms. The van der Waals surface area contributed by atoms with Crippen LogP contribution in [-0.4, -0.2) is 35.6 Å². The molecule has 3 N–H and O–H groups in total. The van der Waals surface area contributed by atoms with Crippen LogP contribution in [0.2, 0.25) is 0 Å². The van der Waals surface area contributed by atoms with E-state index in [-0.39, 0.29) is 5.41 Å². The van der Waals surface area contributed by atoms with Crippen LogP contribution in [-0.2, 0) is 0 Å². The van der Waals surface area contributed by atoms with E-state index >= 15 is 0 Å². The van der Waals surface area contributed by atoms with Crippen molar-refractivity contribution in [2.45, 2.75) is 40.5 Å². The van der Waals surface area contributed by atoms with E-state index in [9.17, 15) is 0 Å². The van der Waals surface area contributed by atoms with Crippen LogP contribution in [0.3, 0.4) is 0 Å². The average Bonchev–Trinajstić information content (AvgIpc) is 2.29. The summed E-state index contributed by atoms with van der Waals surface area (Å²) in [6.07, 6.45) is 2.22. The van der Waals surface area contributed by atoms with Gasteiger partial charge in [-0.2, -0.15) is 0 Å². The molecule has 0 spiro atoms. The highest BCUT2D eigenvalue weighted by atomic mass is 16.4. The van der Waals surface area contributed by atoms with Gasteiger partial charge in [-0.1, -0.05) is 32.9 Å². The Morgan fingerprint density at radius 3 is 2.59 bits per heavy atom. The van der Waals surface area contributed by atoms with E-state index in [1.54, 1.807) is 0 Å². The van der Waals surface area contributed by atoms with Crippen LogP contribution < -0.4 is 5.73 Å². The smallest absolute Gasteiger partial charge is 0.144 e. The van der Waals surface area contributed by atoms with Gasteiger partial charge in [-0.15, -0.1) is 0 Å². The average molecular weight is 241 g/mol. The third kappa shape index (κ3) is 3.87. The second kappa shape index (κ2) is 5.71. The molecular weight excluding hydrogens is 214 g/mol. The predicted octanol–water partition coefficient (Wildman–Crippen LogP) is 2.13. The molecule has 0 bridgehead atoms. The molecule has 1 aliphatic rings. The van der Waals surface area contributed by atoms with Crippen molar-refractivity contribution >= 4 is 5.84 Å². The zero-order valence-corrected chi connectivity index (χ0v) is 11.6. The van der Waals surface area contributed by atoms with E-state index in [0.717, 1.165) is 24.8 Å². The van der Waals surface area contributed by atoms with Gasteiger partial charge in [0.15, 0.2) is 0 Å². The van der Waals surface area contributed by atoms with Crippen LogP contribution in [0.5, 0.6) is 0 Å². The number of rotatable bonds is 4. The number of nitrogens with zero attached hydrogens (tertiary/aromatic N) is 2. The summed E-state index contributed by atoms with van der Waals surface area (Å²) in [5.74, 6) is 1.94. The summed E-state index contributed by atoms with van der Waals surface area (Å²) in [7, 11) is 0. The minimum absolute atomic E-state index is 0.221. The van der Waals surface area contributed by atoms with Gasteiger partial charge in [-0.25, -0.2) is 0 Å². The lowest BCUT2D eigenvalue weighted by atomic mass is 9.85. The van der Waals surface area contributed by atoms with Crippen molar-refractivity contribution in [1.29, 1.82) is 0 Å². The zero-order chi connectivity index (χ0) is 13.1. The fraction of sp³-hybridized carbons (Fsp3) is 0.923. The summed E-state index contributed by atoms with van der Waals surface area (Å²) >= 11 is 0. The van der Waals surface area contributed by atoms with Crippen molar-refractivity contribution in [3.8, 4) is 0 Å². The molecule has 4 nitrogen and oxygen atoms in total. The van der Waals surface area contributed by atoms with Gasteiger partial charge >= 0.3 is 0 Å². The van der Waals surface area contributed by atoms with Crippen molar-refractivity contribution in [3.63, 3.8) is 0 Å². The molecule has 2 atom stereocenters. The summed E-state index contributed by atoms with van der Waals surface area (Å²) in [6.45, 7) is 12.1. The van der Waals surface area contributed by atoms with E-state index in [2.05, 4.69) is 23.9 Å². The molecule has 1 fully saturated rings. The van der Waals surface area contributed by atoms with Crippen molar-refractivity contribution in [3.05, 3.63) is 0 Å². The van der Waals surface area contributed by atoms with Crippen LogP contribution in [0, 0.1) is 17.3 Å². The molecule has 100 valence electrons. The molecule has 0 aromatic carbocycles. The van der Waals surface area contributed by atoms with Gasteiger partial charge < -0.3 is 15.8 Å². The van der Waals surface area contributed by atoms with E-state index in [4.69, 9.17) is 10.9 Å².